The van der Waals surface area contributed by atoms with Gasteiger partial charge in [0.15, 0.2) is 0 Å². The van der Waals surface area contributed by atoms with Crippen molar-refractivity contribution in [3.05, 3.63) is 55.7 Å². The zero-order valence-corrected chi connectivity index (χ0v) is 12.7. The van der Waals surface area contributed by atoms with Gasteiger partial charge in [0.2, 0.25) is 0 Å². The smallest absolute Gasteiger partial charge is 0.0593 e. The minimum atomic E-state index is 0.259. The summed E-state index contributed by atoms with van der Waals surface area (Å²) in [4.78, 5) is 1.35. The third-order valence-corrected chi connectivity index (χ3v) is 4.44. The molecule has 90 valence electrons. The van der Waals surface area contributed by atoms with Crippen molar-refractivity contribution in [2.24, 2.45) is 0 Å². The first-order chi connectivity index (χ1) is 8.11. The first-order valence-corrected chi connectivity index (χ1v) is 7.27. The molecule has 1 unspecified atom stereocenters. The van der Waals surface area contributed by atoms with Gasteiger partial charge in [-0.25, -0.2) is 0 Å². The Bertz CT molecular complexity index is 519. The third-order valence-electron chi connectivity index (χ3n) is 2.84. The first-order valence-electron chi connectivity index (χ1n) is 5.60. The van der Waals surface area contributed by atoms with Gasteiger partial charge in [0, 0.05) is 9.35 Å². The molecule has 0 amide bonds. The van der Waals surface area contributed by atoms with Crippen LogP contribution in [0.4, 0.5) is 0 Å². The summed E-state index contributed by atoms with van der Waals surface area (Å²) in [6.45, 7) is 4.27. The summed E-state index contributed by atoms with van der Waals surface area (Å²) in [6, 6.07) is 8.99. The molecule has 2 rings (SSSR count). The predicted octanol–water partition coefficient (Wildman–Crippen LogP) is 4.44. The molecule has 1 aromatic heterocycles. The number of benzene rings is 1. The quantitative estimate of drug-likeness (QED) is 0.884. The second-order valence-electron chi connectivity index (χ2n) is 4.24. The van der Waals surface area contributed by atoms with Crippen LogP contribution >= 0.6 is 27.3 Å². The Kier molecular flexibility index (Phi) is 4.02. The minimum Gasteiger partial charge on any atom is -0.309 e. The van der Waals surface area contributed by atoms with Gasteiger partial charge in [-0.1, -0.05) is 33.6 Å². The van der Waals surface area contributed by atoms with Crippen molar-refractivity contribution in [2.75, 3.05) is 7.05 Å². The molecule has 0 aliphatic rings. The number of aryl methyl sites for hydroxylation is 2. The lowest BCUT2D eigenvalue weighted by atomic mass is 9.99. The molecule has 0 spiro atoms. The van der Waals surface area contributed by atoms with Gasteiger partial charge >= 0.3 is 0 Å². The summed E-state index contributed by atoms with van der Waals surface area (Å²) in [5.74, 6) is 0. The summed E-state index contributed by atoms with van der Waals surface area (Å²) in [7, 11) is 2.01. The highest BCUT2D eigenvalue weighted by Crippen LogP contribution is 2.31. The van der Waals surface area contributed by atoms with Crippen LogP contribution in [0.3, 0.4) is 0 Å². The van der Waals surface area contributed by atoms with E-state index in [4.69, 9.17) is 0 Å². The standard InChI is InChI=1S/C14H16BrNS/c1-9-4-5-13(15)12(6-9)14(16-3)11-7-10(2)17-8-11/h4-8,14,16H,1-3H3. The summed E-state index contributed by atoms with van der Waals surface area (Å²) in [5, 5.41) is 5.62. The van der Waals surface area contributed by atoms with E-state index < -0.39 is 0 Å². The van der Waals surface area contributed by atoms with E-state index in [0.717, 1.165) is 4.47 Å². The number of rotatable bonds is 3. The number of nitrogens with one attached hydrogen (secondary N) is 1. The molecule has 0 fully saturated rings. The summed E-state index contributed by atoms with van der Waals surface area (Å²) >= 11 is 5.44. The Morgan fingerprint density at radius 2 is 2.00 bits per heavy atom. The zero-order valence-electron chi connectivity index (χ0n) is 10.3. The Hall–Kier alpha value is -0.640. The van der Waals surface area contributed by atoms with E-state index in [-0.39, 0.29) is 6.04 Å². The van der Waals surface area contributed by atoms with Gasteiger partial charge in [-0.05, 0) is 49.5 Å². The van der Waals surface area contributed by atoms with Crippen molar-refractivity contribution in [3.8, 4) is 0 Å². The number of halogens is 1. The van der Waals surface area contributed by atoms with Crippen LogP contribution in [0, 0.1) is 13.8 Å². The highest BCUT2D eigenvalue weighted by Gasteiger charge is 2.16. The monoisotopic (exact) mass is 309 g/mol. The second kappa shape index (κ2) is 5.34. The first kappa shape index (κ1) is 12.8. The molecule has 17 heavy (non-hydrogen) atoms. The van der Waals surface area contributed by atoms with Crippen LogP contribution in [0.1, 0.15) is 27.6 Å². The number of thiophene rings is 1. The maximum atomic E-state index is 3.64. The van der Waals surface area contributed by atoms with Crippen LogP contribution in [-0.4, -0.2) is 7.05 Å². The van der Waals surface area contributed by atoms with E-state index in [1.165, 1.54) is 21.6 Å². The molecule has 0 aliphatic heterocycles. The molecule has 0 saturated heterocycles. The third kappa shape index (κ3) is 2.79. The SMILES string of the molecule is CNC(c1csc(C)c1)c1cc(C)ccc1Br. The maximum absolute atomic E-state index is 3.64. The van der Waals surface area contributed by atoms with Crippen LogP contribution < -0.4 is 5.32 Å². The predicted molar refractivity (Wildman–Crippen MR) is 78.8 cm³/mol. The van der Waals surface area contributed by atoms with E-state index >= 15 is 0 Å². The van der Waals surface area contributed by atoms with Crippen LogP contribution in [-0.2, 0) is 0 Å². The largest absolute Gasteiger partial charge is 0.309 e. The molecule has 0 aliphatic carbocycles. The average Bonchev–Trinajstić information content (AvgIpc) is 2.71. The highest BCUT2D eigenvalue weighted by molar-refractivity contribution is 9.10. The van der Waals surface area contributed by atoms with Crippen molar-refractivity contribution in [2.45, 2.75) is 19.9 Å². The van der Waals surface area contributed by atoms with Crippen molar-refractivity contribution < 1.29 is 0 Å². The van der Waals surface area contributed by atoms with E-state index in [0.29, 0.717) is 0 Å². The van der Waals surface area contributed by atoms with E-state index in [9.17, 15) is 0 Å². The number of hydrogen-bond donors (Lipinski definition) is 1. The Labute approximate surface area is 115 Å². The molecule has 2 aromatic rings. The van der Waals surface area contributed by atoms with Gasteiger partial charge in [-0.15, -0.1) is 11.3 Å². The van der Waals surface area contributed by atoms with Gasteiger partial charge in [-0.2, -0.15) is 0 Å². The summed E-state index contributed by atoms with van der Waals surface area (Å²) in [5.41, 5.74) is 3.92. The van der Waals surface area contributed by atoms with Crippen molar-refractivity contribution in [1.82, 2.24) is 5.32 Å². The van der Waals surface area contributed by atoms with Gasteiger partial charge < -0.3 is 5.32 Å². The van der Waals surface area contributed by atoms with Crippen LogP contribution in [0.5, 0.6) is 0 Å². The fourth-order valence-electron chi connectivity index (χ4n) is 2.00. The maximum Gasteiger partial charge on any atom is 0.0593 e. The molecule has 0 saturated carbocycles. The van der Waals surface area contributed by atoms with Crippen molar-refractivity contribution in [3.63, 3.8) is 0 Å². The Morgan fingerprint density at radius 3 is 2.59 bits per heavy atom. The van der Waals surface area contributed by atoms with Crippen LogP contribution in [0.15, 0.2) is 34.1 Å². The topological polar surface area (TPSA) is 12.0 Å². The molecule has 1 atom stereocenters. The molecule has 1 heterocycles. The van der Waals surface area contributed by atoms with E-state index in [1.807, 2.05) is 7.05 Å². The molecular weight excluding hydrogens is 294 g/mol. The van der Waals surface area contributed by atoms with Crippen LogP contribution in [0.2, 0.25) is 0 Å². The fourth-order valence-corrected chi connectivity index (χ4v) is 3.21. The fraction of sp³-hybridized carbons (Fsp3) is 0.286. The summed E-state index contributed by atoms with van der Waals surface area (Å²) in [6.07, 6.45) is 0. The van der Waals surface area contributed by atoms with Gasteiger partial charge in [0.05, 0.1) is 6.04 Å². The second-order valence-corrected chi connectivity index (χ2v) is 6.21. The van der Waals surface area contributed by atoms with Gasteiger partial charge in [0.25, 0.3) is 0 Å². The molecule has 3 heteroatoms. The summed E-state index contributed by atoms with van der Waals surface area (Å²) < 4.78 is 1.16. The van der Waals surface area contributed by atoms with E-state index in [2.05, 4.69) is 64.7 Å². The lowest BCUT2D eigenvalue weighted by molar-refractivity contribution is 0.690. The van der Waals surface area contributed by atoms with Crippen LogP contribution in [0.25, 0.3) is 0 Å². The van der Waals surface area contributed by atoms with Crippen molar-refractivity contribution in [1.29, 1.82) is 0 Å². The Balaban J connectivity index is 2.45. The zero-order chi connectivity index (χ0) is 12.4. The molecule has 0 bridgehead atoms. The van der Waals surface area contributed by atoms with Gasteiger partial charge in [-0.3, -0.25) is 0 Å². The highest BCUT2D eigenvalue weighted by atomic mass is 79.9. The Morgan fingerprint density at radius 1 is 1.24 bits per heavy atom. The molecule has 1 aromatic carbocycles. The average molecular weight is 310 g/mol. The molecular formula is C14H16BrNS. The number of hydrogen-bond acceptors (Lipinski definition) is 2. The minimum absolute atomic E-state index is 0.259. The molecule has 0 radical (unpaired) electrons. The molecule has 1 N–H and O–H groups in total. The van der Waals surface area contributed by atoms with Crippen molar-refractivity contribution >= 4 is 27.3 Å². The lowest BCUT2D eigenvalue weighted by Gasteiger charge is -2.17. The normalized spacial score (nSPS) is 12.7. The van der Waals surface area contributed by atoms with Gasteiger partial charge in [0.1, 0.15) is 0 Å². The lowest BCUT2D eigenvalue weighted by Crippen LogP contribution is -2.17. The molecule has 1 nitrogen and oxygen atoms in total. The van der Waals surface area contributed by atoms with E-state index in [1.54, 1.807) is 11.3 Å².